The molecule has 0 atom stereocenters. The molecule has 4 heteroatoms. The van der Waals surface area contributed by atoms with E-state index in [1.165, 1.54) is 4.90 Å². The summed E-state index contributed by atoms with van der Waals surface area (Å²) in [4.78, 5) is 10.3. The van der Waals surface area contributed by atoms with E-state index in [1.54, 1.807) is 23.1 Å². The van der Waals surface area contributed by atoms with Crippen molar-refractivity contribution in [3.05, 3.63) is 65.5 Å². The van der Waals surface area contributed by atoms with Crippen LogP contribution in [-0.2, 0) is 0 Å². The van der Waals surface area contributed by atoms with Crippen LogP contribution in [0.15, 0.2) is 69.9 Å². The molecule has 0 aliphatic carbocycles. The van der Waals surface area contributed by atoms with Crippen molar-refractivity contribution >= 4 is 34.4 Å². The molecule has 2 nitrogen and oxygen atoms in total. The van der Waals surface area contributed by atoms with E-state index in [9.17, 15) is 0 Å². The van der Waals surface area contributed by atoms with E-state index in [2.05, 4.69) is 52.6 Å². The summed E-state index contributed by atoms with van der Waals surface area (Å²) >= 11 is 3.30. The van der Waals surface area contributed by atoms with Crippen molar-refractivity contribution in [2.24, 2.45) is 4.99 Å². The molecule has 0 N–H and O–H groups in total. The second kappa shape index (κ2) is 6.70. The van der Waals surface area contributed by atoms with Crippen molar-refractivity contribution in [2.75, 3.05) is 6.26 Å². The van der Waals surface area contributed by atoms with E-state index < -0.39 is 0 Å². The van der Waals surface area contributed by atoms with Crippen LogP contribution in [0.3, 0.4) is 0 Å². The van der Waals surface area contributed by atoms with E-state index in [4.69, 9.17) is 0 Å². The first-order chi connectivity index (χ1) is 10.3. The highest BCUT2D eigenvalue weighted by Gasteiger charge is 2.02. The second-order valence-electron chi connectivity index (χ2n) is 4.41. The maximum absolute atomic E-state index is 4.55. The van der Waals surface area contributed by atoms with Crippen molar-refractivity contribution in [2.45, 2.75) is 4.90 Å². The molecule has 0 radical (unpaired) electrons. The molecule has 1 heterocycles. The largest absolute Gasteiger partial charge is 0.227 e. The number of nitrogens with zero attached hydrogens (tertiary/aromatic N) is 2. The molecule has 3 rings (SSSR count). The summed E-state index contributed by atoms with van der Waals surface area (Å²) in [6, 6.07) is 18.5. The summed E-state index contributed by atoms with van der Waals surface area (Å²) in [7, 11) is 0. The van der Waals surface area contributed by atoms with Crippen LogP contribution in [0.1, 0.15) is 5.56 Å². The van der Waals surface area contributed by atoms with Gasteiger partial charge in [-0.05, 0) is 24.0 Å². The van der Waals surface area contributed by atoms with Crippen molar-refractivity contribution in [1.29, 1.82) is 0 Å². The molecule has 0 unspecified atom stereocenters. The molecule has 0 bridgehead atoms. The highest BCUT2D eigenvalue weighted by atomic mass is 32.2. The number of aromatic nitrogens is 1. The monoisotopic (exact) mass is 310 g/mol. The van der Waals surface area contributed by atoms with Crippen LogP contribution in [0.4, 0.5) is 5.13 Å². The van der Waals surface area contributed by atoms with Gasteiger partial charge in [0.05, 0.1) is 5.69 Å². The van der Waals surface area contributed by atoms with Gasteiger partial charge < -0.3 is 0 Å². The SMILES string of the molecule is CSc1ccc(C=Nc2nc(-c3ccccc3)cs2)cc1. The predicted octanol–water partition coefficient (Wildman–Crippen LogP) is 5.28. The molecule has 2 aromatic carbocycles. The van der Waals surface area contributed by atoms with E-state index >= 15 is 0 Å². The lowest BCUT2D eigenvalue weighted by atomic mass is 10.2. The fourth-order valence-electron chi connectivity index (χ4n) is 1.88. The average molecular weight is 310 g/mol. The number of thiazole rings is 1. The summed E-state index contributed by atoms with van der Waals surface area (Å²) in [5.41, 5.74) is 3.19. The summed E-state index contributed by atoms with van der Waals surface area (Å²) in [5, 5.41) is 2.82. The topological polar surface area (TPSA) is 25.2 Å². The molecule has 104 valence electrons. The lowest BCUT2D eigenvalue weighted by Gasteiger charge is -1.96. The van der Waals surface area contributed by atoms with Gasteiger partial charge in [0.15, 0.2) is 0 Å². The number of aliphatic imine (C=N–C) groups is 1. The Kier molecular flexibility index (Phi) is 4.48. The van der Waals surface area contributed by atoms with E-state index in [0.29, 0.717) is 0 Å². The Bertz CT molecular complexity index is 731. The van der Waals surface area contributed by atoms with Gasteiger partial charge in [0, 0.05) is 22.1 Å². The summed E-state index contributed by atoms with van der Waals surface area (Å²) in [6.07, 6.45) is 3.93. The summed E-state index contributed by atoms with van der Waals surface area (Å²) < 4.78 is 0. The van der Waals surface area contributed by atoms with Crippen molar-refractivity contribution in [3.63, 3.8) is 0 Å². The number of benzene rings is 2. The first kappa shape index (κ1) is 14.0. The van der Waals surface area contributed by atoms with Gasteiger partial charge in [-0.3, -0.25) is 0 Å². The van der Waals surface area contributed by atoms with E-state index in [-0.39, 0.29) is 0 Å². The van der Waals surface area contributed by atoms with Crippen LogP contribution < -0.4 is 0 Å². The lowest BCUT2D eigenvalue weighted by molar-refractivity contribution is 1.36. The Balaban J connectivity index is 1.76. The first-order valence-electron chi connectivity index (χ1n) is 6.54. The second-order valence-corrected chi connectivity index (χ2v) is 6.13. The van der Waals surface area contributed by atoms with Crippen LogP contribution in [-0.4, -0.2) is 17.5 Å². The molecule has 0 saturated heterocycles. The molecule has 0 saturated carbocycles. The molecule has 0 amide bonds. The summed E-state index contributed by atoms with van der Waals surface area (Å²) in [5.74, 6) is 0. The minimum Gasteiger partial charge on any atom is -0.227 e. The molecule has 1 aromatic heterocycles. The highest BCUT2D eigenvalue weighted by molar-refractivity contribution is 7.98. The maximum atomic E-state index is 4.55. The lowest BCUT2D eigenvalue weighted by Crippen LogP contribution is -1.80. The predicted molar refractivity (Wildman–Crippen MR) is 93.0 cm³/mol. The summed E-state index contributed by atoms with van der Waals surface area (Å²) in [6.45, 7) is 0. The molecule has 3 aromatic rings. The molecular weight excluding hydrogens is 296 g/mol. The Hall–Kier alpha value is -1.91. The van der Waals surface area contributed by atoms with Gasteiger partial charge in [0.2, 0.25) is 5.13 Å². The van der Waals surface area contributed by atoms with Gasteiger partial charge in [0.25, 0.3) is 0 Å². The van der Waals surface area contributed by atoms with Crippen molar-refractivity contribution < 1.29 is 0 Å². The highest BCUT2D eigenvalue weighted by Crippen LogP contribution is 2.26. The molecule has 0 aliphatic heterocycles. The Morgan fingerprint density at radius 3 is 2.52 bits per heavy atom. The average Bonchev–Trinajstić information content (AvgIpc) is 3.03. The number of hydrogen-bond donors (Lipinski definition) is 0. The number of hydrogen-bond acceptors (Lipinski definition) is 4. The van der Waals surface area contributed by atoms with E-state index in [0.717, 1.165) is 22.0 Å². The van der Waals surface area contributed by atoms with Crippen LogP contribution >= 0.6 is 23.1 Å². The third kappa shape index (κ3) is 3.60. The van der Waals surface area contributed by atoms with Gasteiger partial charge in [-0.1, -0.05) is 42.5 Å². The van der Waals surface area contributed by atoms with Crippen LogP contribution in [0.2, 0.25) is 0 Å². The fraction of sp³-hybridized carbons (Fsp3) is 0.0588. The normalized spacial score (nSPS) is 11.1. The van der Waals surface area contributed by atoms with Gasteiger partial charge in [0.1, 0.15) is 0 Å². The first-order valence-corrected chi connectivity index (χ1v) is 8.65. The Morgan fingerprint density at radius 1 is 1.05 bits per heavy atom. The zero-order valence-electron chi connectivity index (χ0n) is 11.6. The zero-order valence-corrected chi connectivity index (χ0v) is 13.2. The molecule has 21 heavy (non-hydrogen) atoms. The fourth-order valence-corrected chi connectivity index (χ4v) is 2.96. The molecule has 0 spiro atoms. The van der Waals surface area contributed by atoms with Gasteiger partial charge in [-0.25, -0.2) is 9.98 Å². The van der Waals surface area contributed by atoms with Gasteiger partial charge >= 0.3 is 0 Å². The Labute approximate surface area is 132 Å². The third-order valence-electron chi connectivity index (χ3n) is 3.00. The maximum Gasteiger partial charge on any atom is 0.209 e. The van der Waals surface area contributed by atoms with Crippen LogP contribution in [0.5, 0.6) is 0 Å². The van der Waals surface area contributed by atoms with Gasteiger partial charge in [-0.2, -0.15) is 0 Å². The standard InChI is InChI=1S/C17H14N2S2/c1-20-15-9-7-13(8-10-15)11-18-17-19-16(12-21-17)14-5-3-2-4-6-14/h2-12H,1H3. The van der Waals surface area contributed by atoms with Crippen molar-refractivity contribution in [3.8, 4) is 11.3 Å². The quantitative estimate of drug-likeness (QED) is 0.483. The minimum atomic E-state index is 0.780. The Morgan fingerprint density at radius 2 is 1.81 bits per heavy atom. The third-order valence-corrected chi connectivity index (χ3v) is 4.49. The van der Waals surface area contributed by atoms with Gasteiger partial charge in [-0.15, -0.1) is 23.1 Å². The molecule has 0 aliphatic rings. The zero-order chi connectivity index (χ0) is 14.5. The smallest absolute Gasteiger partial charge is 0.209 e. The van der Waals surface area contributed by atoms with Crippen LogP contribution in [0.25, 0.3) is 11.3 Å². The minimum absolute atomic E-state index is 0.780. The van der Waals surface area contributed by atoms with E-state index in [1.807, 2.05) is 29.8 Å². The van der Waals surface area contributed by atoms with Crippen molar-refractivity contribution in [1.82, 2.24) is 4.98 Å². The number of rotatable bonds is 4. The number of thioether (sulfide) groups is 1. The molecule has 0 fully saturated rings. The van der Waals surface area contributed by atoms with Crippen LogP contribution in [0, 0.1) is 0 Å². The molecular formula is C17H14N2S2.